The number of ketones is 1. The molecule has 3 aromatic carbocycles. The second kappa shape index (κ2) is 13.0. The van der Waals surface area contributed by atoms with Crippen LogP contribution in [0.1, 0.15) is 24.0 Å². The molecule has 1 unspecified atom stereocenters. The number of nitrogens with zero attached hydrogens (tertiary/aromatic N) is 1. The van der Waals surface area contributed by atoms with Crippen molar-refractivity contribution in [3.8, 4) is 0 Å². The maximum absolute atomic E-state index is 12.5. The highest BCUT2D eigenvalue weighted by molar-refractivity contribution is 5.91. The molecule has 0 aliphatic heterocycles. The van der Waals surface area contributed by atoms with E-state index in [0.29, 0.717) is 6.42 Å². The number of amides is 2. The third-order valence-corrected chi connectivity index (χ3v) is 5.51. The van der Waals surface area contributed by atoms with Crippen molar-refractivity contribution in [3.63, 3.8) is 0 Å². The van der Waals surface area contributed by atoms with Gasteiger partial charge in [-0.2, -0.15) is 0 Å². The number of alkyl carbamates (subject to hydrolysis) is 1. The summed E-state index contributed by atoms with van der Waals surface area (Å²) in [5.74, 6) is -2.33. The average molecular weight is 493 g/mol. The minimum Gasteiger partial charge on any atom is -0.481 e. The molecule has 0 heterocycles. The van der Waals surface area contributed by atoms with Crippen LogP contribution in [0.3, 0.4) is 0 Å². The summed E-state index contributed by atoms with van der Waals surface area (Å²) in [4.78, 5) is 53.6. The van der Waals surface area contributed by atoms with Crippen molar-refractivity contribution in [1.29, 1.82) is 0 Å². The highest BCUT2D eigenvalue weighted by Crippen LogP contribution is 2.20. The number of hydrogen-bond donors (Lipinski definition) is 2. The molecular formula is C27H28N2O7. The van der Waals surface area contributed by atoms with E-state index < -0.39 is 36.9 Å². The molecule has 0 aliphatic carbocycles. The fraction of sp³-hybridized carbons (Fsp3) is 0.259. The summed E-state index contributed by atoms with van der Waals surface area (Å²) >= 11 is 0. The van der Waals surface area contributed by atoms with E-state index in [4.69, 9.17) is 14.7 Å². The van der Waals surface area contributed by atoms with Crippen molar-refractivity contribution in [3.05, 3.63) is 83.9 Å². The Morgan fingerprint density at radius 3 is 2.39 bits per heavy atom. The first-order valence-electron chi connectivity index (χ1n) is 11.4. The summed E-state index contributed by atoms with van der Waals surface area (Å²) < 4.78 is 5.06. The number of ether oxygens (including phenoxy) is 1. The predicted molar refractivity (Wildman–Crippen MR) is 132 cm³/mol. The van der Waals surface area contributed by atoms with E-state index in [1.165, 1.54) is 7.05 Å². The third-order valence-electron chi connectivity index (χ3n) is 5.51. The van der Waals surface area contributed by atoms with Gasteiger partial charge in [0.05, 0.1) is 6.42 Å². The molecular weight excluding hydrogens is 464 g/mol. The zero-order valence-corrected chi connectivity index (χ0v) is 19.9. The summed E-state index contributed by atoms with van der Waals surface area (Å²) in [7, 11) is 1.38. The highest BCUT2D eigenvalue weighted by Gasteiger charge is 2.25. The molecule has 3 rings (SSSR count). The standard InChI is InChI=1S/C27H28N2O7/c1-29(25(31)15-14-21-12-7-11-20-10-5-6-13-22(20)21)36-18-24(30)23(16-26(32)33)28-27(34)35-17-19-8-3-2-4-9-19/h2-13,23H,14-18H2,1H3,(H,28,34)(H,32,33). The van der Waals surface area contributed by atoms with E-state index in [9.17, 15) is 19.2 Å². The second-order valence-electron chi connectivity index (χ2n) is 8.13. The van der Waals surface area contributed by atoms with Gasteiger partial charge in [-0.15, -0.1) is 0 Å². The number of carbonyl (C=O) groups excluding carboxylic acids is 3. The number of carboxylic acid groups (broad SMARTS) is 1. The third kappa shape index (κ3) is 7.92. The largest absolute Gasteiger partial charge is 0.481 e. The van der Waals surface area contributed by atoms with Crippen molar-refractivity contribution in [1.82, 2.24) is 10.4 Å². The smallest absolute Gasteiger partial charge is 0.408 e. The Labute approximate surface area is 208 Å². The number of hydroxylamine groups is 2. The molecule has 1 atom stereocenters. The maximum Gasteiger partial charge on any atom is 0.408 e. The van der Waals surface area contributed by atoms with Crippen LogP contribution in [-0.2, 0) is 37.0 Å². The highest BCUT2D eigenvalue weighted by atomic mass is 16.7. The lowest BCUT2D eigenvalue weighted by molar-refractivity contribution is -0.180. The van der Waals surface area contributed by atoms with Crippen LogP contribution in [0.25, 0.3) is 10.8 Å². The number of Topliss-reactive ketones (excluding diaryl/α,β-unsaturated/α-hetero) is 1. The second-order valence-corrected chi connectivity index (χ2v) is 8.13. The first-order valence-corrected chi connectivity index (χ1v) is 11.4. The maximum atomic E-state index is 12.5. The lowest BCUT2D eigenvalue weighted by Crippen LogP contribution is -2.45. The average Bonchev–Trinajstić information content (AvgIpc) is 2.88. The lowest BCUT2D eigenvalue weighted by atomic mass is 10.0. The predicted octanol–water partition coefficient (Wildman–Crippen LogP) is 3.50. The van der Waals surface area contributed by atoms with E-state index in [1.807, 2.05) is 48.5 Å². The van der Waals surface area contributed by atoms with Gasteiger partial charge in [0.25, 0.3) is 0 Å². The number of aliphatic carboxylic acids is 1. The van der Waals surface area contributed by atoms with Gasteiger partial charge in [0, 0.05) is 13.5 Å². The van der Waals surface area contributed by atoms with Gasteiger partial charge >= 0.3 is 12.1 Å². The van der Waals surface area contributed by atoms with Crippen LogP contribution < -0.4 is 5.32 Å². The number of hydrogen-bond acceptors (Lipinski definition) is 6. The minimum atomic E-state index is -1.37. The monoisotopic (exact) mass is 492 g/mol. The quantitative estimate of drug-likeness (QED) is 0.371. The summed E-state index contributed by atoms with van der Waals surface area (Å²) in [5.41, 5.74) is 1.76. The molecule has 188 valence electrons. The van der Waals surface area contributed by atoms with E-state index in [1.54, 1.807) is 24.3 Å². The van der Waals surface area contributed by atoms with Crippen LogP contribution in [0.5, 0.6) is 0 Å². The zero-order valence-electron chi connectivity index (χ0n) is 19.9. The fourth-order valence-electron chi connectivity index (χ4n) is 3.57. The van der Waals surface area contributed by atoms with Crippen LogP contribution in [-0.4, -0.2) is 53.6 Å². The van der Waals surface area contributed by atoms with Crippen LogP contribution in [0.4, 0.5) is 4.79 Å². The number of fused-ring (bicyclic) bond motifs is 1. The van der Waals surface area contributed by atoms with Crippen LogP contribution in [0.2, 0.25) is 0 Å². The molecule has 0 saturated carbocycles. The number of carboxylic acids is 1. The van der Waals surface area contributed by atoms with Gasteiger partial charge in [0.15, 0.2) is 5.78 Å². The van der Waals surface area contributed by atoms with Gasteiger partial charge < -0.3 is 15.2 Å². The number of nitrogens with one attached hydrogen (secondary N) is 1. The lowest BCUT2D eigenvalue weighted by Gasteiger charge is -2.19. The molecule has 3 aromatic rings. The van der Waals surface area contributed by atoms with Crippen molar-refractivity contribution < 1.29 is 33.9 Å². The van der Waals surface area contributed by atoms with Crippen LogP contribution >= 0.6 is 0 Å². The van der Waals surface area contributed by atoms with Gasteiger partial charge in [0.2, 0.25) is 5.91 Å². The van der Waals surface area contributed by atoms with Crippen molar-refractivity contribution in [2.24, 2.45) is 0 Å². The summed E-state index contributed by atoms with van der Waals surface area (Å²) in [5, 5.41) is 14.5. The van der Waals surface area contributed by atoms with E-state index in [0.717, 1.165) is 27.0 Å². The van der Waals surface area contributed by atoms with Gasteiger partial charge in [-0.1, -0.05) is 72.8 Å². The fourth-order valence-corrected chi connectivity index (χ4v) is 3.57. The molecule has 0 bridgehead atoms. The zero-order chi connectivity index (χ0) is 25.9. The van der Waals surface area contributed by atoms with Gasteiger partial charge in [-0.05, 0) is 28.3 Å². The summed E-state index contributed by atoms with van der Waals surface area (Å²) in [6.07, 6.45) is -0.945. The Morgan fingerprint density at radius 2 is 1.64 bits per heavy atom. The van der Waals surface area contributed by atoms with Crippen molar-refractivity contribution in [2.45, 2.75) is 31.9 Å². The summed E-state index contributed by atoms with van der Waals surface area (Å²) in [6, 6.07) is 21.3. The molecule has 0 aliphatic rings. The Morgan fingerprint density at radius 1 is 0.944 bits per heavy atom. The normalized spacial score (nSPS) is 11.5. The number of aryl methyl sites for hydroxylation is 1. The molecule has 0 fully saturated rings. The van der Waals surface area contributed by atoms with E-state index in [-0.39, 0.29) is 18.9 Å². The van der Waals surface area contributed by atoms with Crippen LogP contribution in [0, 0.1) is 0 Å². The van der Waals surface area contributed by atoms with E-state index >= 15 is 0 Å². The van der Waals surface area contributed by atoms with Crippen molar-refractivity contribution in [2.75, 3.05) is 13.7 Å². The Hall–Kier alpha value is -4.24. The SMILES string of the molecule is CN(OCC(=O)C(CC(=O)O)NC(=O)OCc1ccccc1)C(=O)CCc1cccc2ccccc12. The van der Waals surface area contributed by atoms with E-state index in [2.05, 4.69) is 5.32 Å². The van der Waals surface area contributed by atoms with Gasteiger partial charge in [-0.3, -0.25) is 19.2 Å². The van der Waals surface area contributed by atoms with Crippen LogP contribution in [0.15, 0.2) is 72.8 Å². The molecule has 0 radical (unpaired) electrons. The Bertz CT molecular complexity index is 1210. The molecule has 2 N–H and O–H groups in total. The minimum absolute atomic E-state index is 0.0366. The molecule has 0 spiro atoms. The van der Waals surface area contributed by atoms with Crippen molar-refractivity contribution >= 4 is 34.5 Å². The molecule has 2 amide bonds. The molecule has 0 saturated heterocycles. The first kappa shape index (κ1) is 26.4. The molecule has 36 heavy (non-hydrogen) atoms. The van der Waals surface area contributed by atoms with Gasteiger partial charge in [-0.25, -0.2) is 9.86 Å². The number of carbonyl (C=O) groups is 4. The molecule has 9 heteroatoms. The Balaban J connectivity index is 1.48. The number of benzene rings is 3. The Kier molecular flexibility index (Phi) is 9.53. The van der Waals surface area contributed by atoms with Gasteiger partial charge in [0.1, 0.15) is 19.3 Å². The number of rotatable bonds is 12. The summed E-state index contributed by atoms with van der Waals surface area (Å²) in [6.45, 7) is -0.626. The molecule has 0 aromatic heterocycles. The first-order chi connectivity index (χ1) is 17.3. The molecule has 9 nitrogen and oxygen atoms in total. The topological polar surface area (TPSA) is 122 Å².